The largest absolute Gasteiger partial charge is 0.508 e. The van der Waals surface area contributed by atoms with Crippen molar-refractivity contribution in [1.29, 1.82) is 0 Å². The highest BCUT2D eigenvalue weighted by atomic mass is 32.2. The van der Waals surface area contributed by atoms with Crippen molar-refractivity contribution in [2.24, 2.45) is 0 Å². The van der Waals surface area contributed by atoms with E-state index >= 15 is 0 Å². The maximum Gasteiger partial charge on any atom is 0.339 e. The van der Waals surface area contributed by atoms with Crippen LogP contribution in [-0.4, -0.2) is 40.1 Å². The van der Waals surface area contributed by atoms with Gasteiger partial charge in [0.15, 0.2) is 0 Å². The zero-order valence-corrected chi connectivity index (χ0v) is 15.4. The average Bonchev–Trinajstić information content (AvgIpc) is 2.57. The first-order valence-electron chi connectivity index (χ1n) is 8.10. The van der Waals surface area contributed by atoms with Crippen LogP contribution >= 0.6 is 11.8 Å². The Balaban J connectivity index is 2.11. The lowest BCUT2D eigenvalue weighted by Gasteiger charge is -2.14. The second kappa shape index (κ2) is 8.75. The van der Waals surface area contributed by atoms with Gasteiger partial charge < -0.3 is 19.9 Å². The molecule has 0 aliphatic heterocycles. The molecule has 1 unspecified atom stereocenters. The average molecular weight is 379 g/mol. The topological polar surface area (TPSA) is 117 Å². The summed E-state index contributed by atoms with van der Waals surface area (Å²) in [5.74, 6) is -0.883. The number of rotatable bonds is 8. The lowest BCUT2D eigenvalue weighted by molar-refractivity contribution is -0.141. The summed E-state index contributed by atoms with van der Waals surface area (Å²) in [5.41, 5.74) is 0.768. The van der Waals surface area contributed by atoms with Gasteiger partial charge in [0.25, 0.3) is 0 Å². The molecule has 0 aliphatic rings. The van der Waals surface area contributed by atoms with E-state index in [2.05, 4.69) is 5.32 Å². The maximum atomic E-state index is 12.2. The molecule has 1 heterocycles. The van der Waals surface area contributed by atoms with E-state index in [9.17, 15) is 19.5 Å². The standard InChI is InChI=1S/C18H21NO6S/c1-10-12-4-3-11(20)9-15(12)25-18(24)13(10)5-6-16(21)19-14(17(22)23)7-8-26-2/h3-4,9,14,20H,5-8H2,1-2H3,(H,19,21)(H,22,23). The van der Waals surface area contributed by atoms with Gasteiger partial charge in [0.05, 0.1) is 0 Å². The molecule has 0 saturated heterocycles. The molecule has 2 aromatic rings. The van der Waals surface area contributed by atoms with Crippen molar-refractivity contribution >= 4 is 34.6 Å². The highest BCUT2D eigenvalue weighted by Gasteiger charge is 2.20. The summed E-state index contributed by atoms with van der Waals surface area (Å²) in [6, 6.07) is 3.57. The molecule has 0 aliphatic carbocycles. The molecule has 8 heteroatoms. The van der Waals surface area contributed by atoms with Crippen molar-refractivity contribution in [2.45, 2.75) is 32.2 Å². The van der Waals surface area contributed by atoms with Crippen LogP contribution in [0, 0.1) is 6.92 Å². The first-order valence-corrected chi connectivity index (χ1v) is 9.49. The molecule has 0 fully saturated rings. The number of aliphatic carboxylic acids is 1. The Hall–Kier alpha value is -2.48. The van der Waals surface area contributed by atoms with Crippen molar-refractivity contribution < 1.29 is 24.2 Å². The Morgan fingerprint density at radius 2 is 2.08 bits per heavy atom. The number of phenols is 1. The number of carboxylic acids is 1. The number of nitrogens with one attached hydrogen (secondary N) is 1. The number of phenolic OH excluding ortho intramolecular Hbond substituents is 1. The van der Waals surface area contributed by atoms with Gasteiger partial charge in [-0.1, -0.05) is 0 Å². The van der Waals surface area contributed by atoms with Crippen molar-refractivity contribution in [3.05, 3.63) is 39.7 Å². The smallest absolute Gasteiger partial charge is 0.339 e. The van der Waals surface area contributed by atoms with Gasteiger partial charge in [-0.05, 0) is 49.5 Å². The molecule has 1 aromatic heterocycles. The fourth-order valence-corrected chi connectivity index (χ4v) is 3.14. The van der Waals surface area contributed by atoms with Crippen molar-refractivity contribution in [3.8, 4) is 5.75 Å². The van der Waals surface area contributed by atoms with E-state index in [1.807, 2.05) is 6.26 Å². The SMILES string of the molecule is CSCCC(NC(=O)CCc1c(C)c2ccc(O)cc2oc1=O)C(=O)O. The molecule has 0 spiro atoms. The number of hydrogen-bond acceptors (Lipinski definition) is 6. The molecule has 1 atom stereocenters. The van der Waals surface area contributed by atoms with Crippen LogP contribution in [0.25, 0.3) is 11.0 Å². The number of hydrogen-bond donors (Lipinski definition) is 3. The second-order valence-corrected chi connectivity index (χ2v) is 6.90. The Labute approximate surface area is 154 Å². The number of aromatic hydroxyl groups is 1. The van der Waals surface area contributed by atoms with Gasteiger partial charge in [-0.3, -0.25) is 4.79 Å². The third kappa shape index (κ3) is 4.78. The molecule has 3 N–H and O–H groups in total. The lowest BCUT2D eigenvalue weighted by Crippen LogP contribution is -2.41. The van der Waals surface area contributed by atoms with Gasteiger partial charge in [-0.25, -0.2) is 9.59 Å². The van der Waals surface area contributed by atoms with E-state index in [1.54, 1.807) is 13.0 Å². The minimum Gasteiger partial charge on any atom is -0.508 e. The first kappa shape index (κ1) is 19.8. The molecular weight excluding hydrogens is 358 g/mol. The number of benzene rings is 1. The fourth-order valence-electron chi connectivity index (χ4n) is 2.67. The number of carbonyl (C=O) groups excluding carboxylic acids is 1. The van der Waals surface area contributed by atoms with Crippen molar-refractivity contribution in [1.82, 2.24) is 5.32 Å². The van der Waals surface area contributed by atoms with E-state index in [1.165, 1.54) is 23.9 Å². The zero-order valence-electron chi connectivity index (χ0n) is 14.6. The van der Waals surface area contributed by atoms with Crippen LogP contribution < -0.4 is 10.9 Å². The second-order valence-electron chi connectivity index (χ2n) is 5.91. The number of thioether (sulfide) groups is 1. The maximum absolute atomic E-state index is 12.2. The predicted octanol–water partition coefficient (Wildman–Crippen LogP) is 2.06. The quantitative estimate of drug-likeness (QED) is 0.601. The van der Waals surface area contributed by atoms with Gasteiger partial charge in [0.1, 0.15) is 17.4 Å². The molecule has 7 nitrogen and oxygen atoms in total. The Morgan fingerprint density at radius 1 is 1.35 bits per heavy atom. The highest BCUT2D eigenvalue weighted by Crippen LogP contribution is 2.23. The minimum absolute atomic E-state index is 0.00265. The third-order valence-electron chi connectivity index (χ3n) is 4.12. The Bertz CT molecular complexity index is 876. The molecular formula is C18H21NO6S. The van der Waals surface area contributed by atoms with E-state index in [-0.39, 0.29) is 24.2 Å². The molecule has 0 radical (unpaired) electrons. The van der Waals surface area contributed by atoms with Crippen LogP contribution in [-0.2, 0) is 16.0 Å². The fraction of sp³-hybridized carbons (Fsp3) is 0.389. The van der Waals surface area contributed by atoms with Crippen molar-refractivity contribution in [3.63, 3.8) is 0 Å². The molecule has 1 aromatic carbocycles. The predicted molar refractivity (Wildman–Crippen MR) is 99.8 cm³/mol. The third-order valence-corrected chi connectivity index (χ3v) is 4.76. The van der Waals surface area contributed by atoms with E-state index in [0.717, 1.165) is 0 Å². The highest BCUT2D eigenvalue weighted by molar-refractivity contribution is 7.98. The van der Waals surface area contributed by atoms with Crippen LogP contribution in [0.2, 0.25) is 0 Å². The van der Waals surface area contributed by atoms with Gasteiger partial charge in [0, 0.05) is 23.4 Å². The van der Waals surface area contributed by atoms with Crippen LogP contribution in [0.4, 0.5) is 0 Å². The number of carboxylic acid groups (broad SMARTS) is 1. The number of amides is 1. The lowest BCUT2D eigenvalue weighted by atomic mass is 10.0. The minimum atomic E-state index is -1.08. The van der Waals surface area contributed by atoms with Crippen LogP contribution in [0.3, 0.4) is 0 Å². The molecule has 140 valence electrons. The van der Waals surface area contributed by atoms with Gasteiger partial charge in [0.2, 0.25) is 5.91 Å². The molecule has 2 rings (SSSR count). The van der Waals surface area contributed by atoms with Crippen LogP contribution in [0.5, 0.6) is 5.75 Å². The van der Waals surface area contributed by atoms with E-state index in [0.29, 0.717) is 28.7 Å². The number of aryl methyl sites for hydroxylation is 1. The molecule has 0 bridgehead atoms. The van der Waals surface area contributed by atoms with Crippen molar-refractivity contribution in [2.75, 3.05) is 12.0 Å². The molecule has 26 heavy (non-hydrogen) atoms. The summed E-state index contributed by atoms with van der Waals surface area (Å²) >= 11 is 1.50. The Kier molecular flexibility index (Phi) is 6.68. The van der Waals surface area contributed by atoms with Gasteiger partial charge >= 0.3 is 11.6 Å². The van der Waals surface area contributed by atoms with E-state index < -0.39 is 23.5 Å². The van der Waals surface area contributed by atoms with Gasteiger partial charge in [-0.15, -0.1) is 0 Å². The number of fused-ring (bicyclic) bond motifs is 1. The summed E-state index contributed by atoms with van der Waals surface area (Å²) < 4.78 is 5.22. The zero-order chi connectivity index (χ0) is 19.3. The Morgan fingerprint density at radius 3 is 2.73 bits per heavy atom. The monoisotopic (exact) mass is 379 g/mol. The number of carbonyl (C=O) groups is 2. The first-order chi connectivity index (χ1) is 12.3. The summed E-state index contributed by atoms with van der Waals surface area (Å²) in [7, 11) is 0. The normalized spacial score (nSPS) is 12.1. The molecule has 0 saturated carbocycles. The summed E-state index contributed by atoms with van der Waals surface area (Å²) in [6.07, 6.45) is 2.33. The van der Waals surface area contributed by atoms with Crippen LogP contribution in [0.15, 0.2) is 27.4 Å². The summed E-state index contributed by atoms with van der Waals surface area (Å²) in [6.45, 7) is 1.75. The molecule has 1 amide bonds. The van der Waals surface area contributed by atoms with Gasteiger partial charge in [-0.2, -0.15) is 11.8 Å². The summed E-state index contributed by atoms with van der Waals surface area (Å²) in [4.78, 5) is 35.4. The summed E-state index contributed by atoms with van der Waals surface area (Å²) in [5, 5.41) is 21.8. The van der Waals surface area contributed by atoms with E-state index in [4.69, 9.17) is 9.52 Å². The van der Waals surface area contributed by atoms with Crippen LogP contribution in [0.1, 0.15) is 24.0 Å².